The van der Waals surface area contributed by atoms with Gasteiger partial charge < -0.3 is 23.7 Å². The van der Waals surface area contributed by atoms with E-state index in [0.29, 0.717) is 35.4 Å². The summed E-state index contributed by atoms with van der Waals surface area (Å²) in [5.41, 5.74) is 1.07. The van der Waals surface area contributed by atoms with Gasteiger partial charge in [0.15, 0.2) is 23.0 Å². The van der Waals surface area contributed by atoms with E-state index in [1.165, 1.54) is 0 Å². The molecule has 0 atom stereocenters. The van der Waals surface area contributed by atoms with Crippen LogP contribution in [-0.2, 0) is 6.61 Å². The van der Waals surface area contributed by atoms with E-state index in [1.807, 2.05) is 60.7 Å². The molecule has 4 rings (SSSR count). The molecule has 154 valence electrons. The van der Waals surface area contributed by atoms with E-state index in [1.54, 1.807) is 28.4 Å². The first-order valence-electron chi connectivity index (χ1n) is 9.61. The Bertz CT molecular complexity index is 1180. The van der Waals surface area contributed by atoms with Crippen LogP contribution in [0.15, 0.2) is 60.7 Å². The van der Waals surface area contributed by atoms with Gasteiger partial charge >= 0.3 is 0 Å². The number of rotatable bonds is 7. The fourth-order valence-corrected chi connectivity index (χ4v) is 3.77. The van der Waals surface area contributed by atoms with Crippen LogP contribution in [0.3, 0.4) is 0 Å². The Morgan fingerprint density at radius 1 is 0.600 bits per heavy atom. The van der Waals surface area contributed by atoms with Crippen LogP contribution in [0.4, 0.5) is 0 Å². The van der Waals surface area contributed by atoms with Crippen LogP contribution >= 0.6 is 0 Å². The molecule has 5 heteroatoms. The largest absolute Gasteiger partial charge is 0.493 e. The fraction of sp³-hybridized carbons (Fsp3) is 0.200. The fourth-order valence-electron chi connectivity index (χ4n) is 3.77. The van der Waals surface area contributed by atoms with Crippen LogP contribution in [-0.4, -0.2) is 28.4 Å². The molecule has 0 radical (unpaired) electrons. The summed E-state index contributed by atoms with van der Waals surface area (Å²) in [7, 11) is 6.52. The van der Waals surface area contributed by atoms with Gasteiger partial charge in [-0.1, -0.05) is 42.5 Å². The summed E-state index contributed by atoms with van der Waals surface area (Å²) in [6, 6.07) is 19.9. The molecule has 0 aliphatic rings. The van der Waals surface area contributed by atoms with Gasteiger partial charge in [-0.3, -0.25) is 0 Å². The van der Waals surface area contributed by atoms with Crippen LogP contribution in [0.25, 0.3) is 21.5 Å². The van der Waals surface area contributed by atoms with Gasteiger partial charge in [0.05, 0.1) is 28.4 Å². The molecule has 30 heavy (non-hydrogen) atoms. The van der Waals surface area contributed by atoms with Crippen molar-refractivity contribution in [3.05, 3.63) is 66.2 Å². The zero-order valence-corrected chi connectivity index (χ0v) is 17.5. The summed E-state index contributed by atoms with van der Waals surface area (Å²) < 4.78 is 28.8. The molecule has 0 heterocycles. The van der Waals surface area contributed by atoms with E-state index in [4.69, 9.17) is 23.7 Å². The molecule has 0 aromatic heterocycles. The lowest BCUT2D eigenvalue weighted by Gasteiger charge is -2.19. The molecule has 0 saturated carbocycles. The molecular formula is C25H24O5. The second kappa shape index (κ2) is 8.41. The second-order valence-corrected chi connectivity index (χ2v) is 6.78. The van der Waals surface area contributed by atoms with Crippen molar-refractivity contribution >= 4 is 21.5 Å². The number of hydrogen-bond donors (Lipinski definition) is 0. The third-order valence-corrected chi connectivity index (χ3v) is 5.16. The van der Waals surface area contributed by atoms with Gasteiger partial charge in [0.25, 0.3) is 0 Å². The van der Waals surface area contributed by atoms with E-state index >= 15 is 0 Å². The third-order valence-electron chi connectivity index (χ3n) is 5.16. The first kappa shape index (κ1) is 19.7. The predicted octanol–water partition coefficient (Wildman–Crippen LogP) is 5.61. The summed E-state index contributed by atoms with van der Waals surface area (Å²) >= 11 is 0. The van der Waals surface area contributed by atoms with Crippen molar-refractivity contribution < 1.29 is 23.7 Å². The van der Waals surface area contributed by atoms with Gasteiger partial charge in [-0.25, -0.2) is 0 Å². The number of methoxy groups -OCH3 is 4. The van der Waals surface area contributed by atoms with Crippen molar-refractivity contribution in [2.75, 3.05) is 28.4 Å². The standard InChI is InChI=1S/C25H24O5/c1-26-20-13-11-17-10-12-18-19(22(17)24(20)28-3)14-21(25(29-4)23(18)27-2)30-15-16-8-6-5-7-9-16/h5-14H,15H2,1-4H3. The van der Waals surface area contributed by atoms with E-state index in [9.17, 15) is 0 Å². The van der Waals surface area contributed by atoms with Gasteiger partial charge in [0.2, 0.25) is 5.75 Å². The minimum absolute atomic E-state index is 0.414. The zero-order valence-electron chi connectivity index (χ0n) is 17.5. The van der Waals surface area contributed by atoms with Gasteiger partial charge in [0, 0.05) is 16.2 Å². The SMILES string of the molecule is COc1ccc2ccc3c(OC)c(OC)c(OCc4ccccc4)cc3c2c1OC. The molecule has 0 aliphatic heterocycles. The van der Waals surface area contributed by atoms with Gasteiger partial charge in [-0.2, -0.15) is 0 Å². The van der Waals surface area contributed by atoms with Crippen molar-refractivity contribution in [3.8, 4) is 28.7 Å². The first-order valence-corrected chi connectivity index (χ1v) is 9.61. The second-order valence-electron chi connectivity index (χ2n) is 6.78. The Balaban J connectivity index is 1.97. The van der Waals surface area contributed by atoms with Crippen LogP contribution in [0.5, 0.6) is 28.7 Å². The van der Waals surface area contributed by atoms with Crippen LogP contribution in [0.2, 0.25) is 0 Å². The van der Waals surface area contributed by atoms with Gasteiger partial charge in [-0.15, -0.1) is 0 Å². The topological polar surface area (TPSA) is 46.2 Å². The van der Waals surface area contributed by atoms with Crippen molar-refractivity contribution in [1.29, 1.82) is 0 Å². The Kier molecular flexibility index (Phi) is 5.53. The predicted molar refractivity (Wildman–Crippen MR) is 118 cm³/mol. The molecule has 0 amide bonds. The van der Waals surface area contributed by atoms with Crippen molar-refractivity contribution in [2.45, 2.75) is 6.61 Å². The lowest BCUT2D eigenvalue weighted by Crippen LogP contribution is -2.00. The number of hydrogen-bond acceptors (Lipinski definition) is 5. The molecule has 0 bridgehead atoms. The van der Waals surface area contributed by atoms with Crippen molar-refractivity contribution in [3.63, 3.8) is 0 Å². The molecule has 0 aliphatic carbocycles. The molecule has 5 nitrogen and oxygen atoms in total. The number of fused-ring (bicyclic) bond motifs is 3. The Morgan fingerprint density at radius 3 is 1.97 bits per heavy atom. The molecule has 4 aromatic carbocycles. The zero-order chi connectivity index (χ0) is 21.1. The Morgan fingerprint density at radius 2 is 1.30 bits per heavy atom. The molecule has 0 N–H and O–H groups in total. The minimum Gasteiger partial charge on any atom is -0.493 e. The van der Waals surface area contributed by atoms with Crippen molar-refractivity contribution in [2.24, 2.45) is 0 Å². The van der Waals surface area contributed by atoms with Crippen LogP contribution < -0.4 is 23.7 Å². The Labute approximate surface area is 175 Å². The first-order chi connectivity index (χ1) is 14.7. The maximum Gasteiger partial charge on any atom is 0.203 e. The minimum atomic E-state index is 0.414. The van der Waals surface area contributed by atoms with Crippen molar-refractivity contribution in [1.82, 2.24) is 0 Å². The molecule has 0 unspecified atom stereocenters. The smallest absolute Gasteiger partial charge is 0.203 e. The summed E-state index contributed by atoms with van der Waals surface area (Å²) in [6.07, 6.45) is 0. The molecule has 4 aromatic rings. The third kappa shape index (κ3) is 3.32. The highest BCUT2D eigenvalue weighted by atomic mass is 16.5. The van der Waals surface area contributed by atoms with Crippen LogP contribution in [0, 0.1) is 0 Å². The average molecular weight is 404 g/mol. The molecule has 0 fully saturated rings. The lowest BCUT2D eigenvalue weighted by molar-refractivity contribution is 0.277. The van der Waals surface area contributed by atoms with Gasteiger partial charge in [-0.05, 0) is 29.1 Å². The van der Waals surface area contributed by atoms with E-state index in [0.717, 1.165) is 27.1 Å². The van der Waals surface area contributed by atoms with E-state index in [2.05, 4.69) is 0 Å². The normalized spacial score (nSPS) is 10.8. The molecule has 0 spiro atoms. The maximum atomic E-state index is 6.17. The van der Waals surface area contributed by atoms with Crippen LogP contribution in [0.1, 0.15) is 5.56 Å². The number of benzene rings is 4. The highest BCUT2D eigenvalue weighted by Gasteiger charge is 2.20. The molecule has 0 saturated heterocycles. The summed E-state index contributed by atoms with van der Waals surface area (Å²) in [4.78, 5) is 0. The number of ether oxygens (including phenoxy) is 5. The quantitative estimate of drug-likeness (QED) is 0.375. The maximum absolute atomic E-state index is 6.17. The Hall–Kier alpha value is -3.60. The highest BCUT2D eigenvalue weighted by molar-refractivity contribution is 6.14. The highest BCUT2D eigenvalue weighted by Crippen LogP contribution is 2.48. The molecular weight excluding hydrogens is 380 g/mol. The van der Waals surface area contributed by atoms with E-state index in [-0.39, 0.29) is 0 Å². The van der Waals surface area contributed by atoms with Gasteiger partial charge in [0.1, 0.15) is 6.61 Å². The van der Waals surface area contributed by atoms with E-state index < -0.39 is 0 Å². The summed E-state index contributed by atoms with van der Waals surface area (Å²) in [5, 5.41) is 3.80. The summed E-state index contributed by atoms with van der Waals surface area (Å²) in [5.74, 6) is 3.11. The summed E-state index contributed by atoms with van der Waals surface area (Å²) in [6.45, 7) is 0.414. The monoisotopic (exact) mass is 404 g/mol. The average Bonchev–Trinajstić information content (AvgIpc) is 2.81. The lowest BCUT2D eigenvalue weighted by atomic mass is 9.99.